The Morgan fingerprint density at radius 3 is 0.842 bits per heavy atom. The van der Waals surface area contributed by atoms with Crippen LogP contribution in [0.2, 0.25) is 0 Å². The number of nitrogens with zero attached hydrogens (tertiary/aromatic N) is 2. The molecule has 0 N–H and O–H groups in total. The van der Waals surface area contributed by atoms with Crippen LogP contribution < -0.4 is 9.80 Å². The number of fused-ring (bicyclic) bond motifs is 2. The molecule has 13 aromatic rings. The molecule has 0 amide bonds. The highest BCUT2D eigenvalue weighted by molar-refractivity contribution is 6.01. The van der Waals surface area contributed by atoms with Crippen LogP contribution in [0.1, 0.15) is 0 Å². The van der Waals surface area contributed by atoms with E-state index < -0.39 is 0 Å². The minimum Gasteiger partial charge on any atom is -0.310 e. The average molecular weight is 969 g/mol. The molecular weight excluding hydrogens is 917 g/mol. The normalized spacial score (nSPS) is 11.2. The van der Waals surface area contributed by atoms with E-state index in [-0.39, 0.29) is 0 Å². The molecule has 358 valence electrons. The second kappa shape index (κ2) is 20.5. The highest BCUT2D eigenvalue weighted by Gasteiger charge is 2.19. The van der Waals surface area contributed by atoms with Gasteiger partial charge in [0.05, 0.1) is 11.4 Å². The maximum Gasteiger partial charge on any atom is 0.0540 e. The lowest BCUT2D eigenvalue weighted by molar-refractivity contribution is 1.28. The minimum atomic E-state index is 1.10. The number of para-hydroxylation sites is 4. The summed E-state index contributed by atoms with van der Waals surface area (Å²) in [5.74, 6) is 0. The predicted octanol–water partition coefficient (Wildman–Crippen LogP) is 20.9. The lowest BCUT2D eigenvalue weighted by Crippen LogP contribution is -2.11. The summed E-state index contributed by atoms with van der Waals surface area (Å²) in [4.78, 5) is 4.71. The van der Waals surface area contributed by atoms with Crippen molar-refractivity contribution in [3.05, 3.63) is 315 Å². The molecule has 0 saturated carbocycles. The predicted molar refractivity (Wildman–Crippen MR) is 323 cm³/mol. The van der Waals surface area contributed by atoms with Gasteiger partial charge in [0.2, 0.25) is 0 Å². The van der Waals surface area contributed by atoms with Crippen molar-refractivity contribution in [3.8, 4) is 66.8 Å². The second-order valence-electron chi connectivity index (χ2n) is 19.3. The second-order valence-corrected chi connectivity index (χ2v) is 19.3. The SMILES string of the molecule is c1ccc(-c2ccccc2N(c2ccccc2)c2ccc(-c3cccc(-c4ccc5cc6cc(-c7cccc(-c8ccc(N(c9ccccc9)c9ccccc9-c9ccccc9)cc8)c7)ccc6cc5c4)c3)cc2)cc1. The van der Waals surface area contributed by atoms with Gasteiger partial charge in [-0.05, 0) is 174 Å². The highest BCUT2D eigenvalue weighted by atomic mass is 15.1. The standard InChI is InChI=1S/C74H52N2/c1-5-19-55(20-6-1)71-31-13-15-33-73(71)75(67-27-9-3-10-28-67)69-43-39-53(40-44-69)57-23-17-25-59(47-57)61-35-37-63-52-66-50-62(36-38-64(66)51-65(63)49-61)60-26-18-24-58(48-60)54-41-45-70(46-42-54)76(68-29-11-4-12-30-68)74-34-16-14-32-72(74)56-21-7-2-8-22-56/h1-52H. The fraction of sp³-hybridized carbons (Fsp3) is 0. The van der Waals surface area contributed by atoms with Gasteiger partial charge in [-0.3, -0.25) is 0 Å². The minimum absolute atomic E-state index is 1.10. The largest absolute Gasteiger partial charge is 0.310 e. The molecule has 0 aliphatic rings. The third-order valence-electron chi connectivity index (χ3n) is 14.6. The number of hydrogen-bond donors (Lipinski definition) is 0. The third kappa shape index (κ3) is 9.21. The van der Waals surface area contributed by atoms with Crippen LogP contribution in [0.15, 0.2) is 315 Å². The Bertz CT molecular complexity index is 3860. The summed E-state index contributed by atoms with van der Waals surface area (Å²) in [7, 11) is 0. The third-order valence-corrected chi connectivity index (χ3v) is 14.6. The van der Waals surface area contributed by atoms with Crippen molar-refractivity contribution in [2.45, 2.75) is 0 Å². The Labute approximate surface area is 445 Å². The van der Waals surface area contributed by atoms with Gasteiger partial charge < -0.3 is 9.80 Å². The maximum atomic E-state index is 2.36. The molecule has 0 spiro atoms. The lowest BCUT2D eigenvalue weighted by atomic mass is 9.94. The quantitative estimate of drug-likeness (QED) is 0.113. The average Bonchev–Trinajstić information content (AvgIpc) is 3.50. The van der Waals surface area contributed by atoms with Gasteiger partial charge in [-0.1, -0.05) is 218 Å². The van der Waals surface area contributed by atoms with Crippen molar-refractivity contribution in [2.24, 2.45) is 0 Å². The molecule has 0 radical (unpaired) electrons. The van der Waals surface area contributed by atoms with Gasteiger partial charge >= 0.3 is 0 Å². The lowest BCUT2D eigenvalue weighted by Gasteiger charge is -2.28. The fourth-order valence-corrected chi connectivity index (χ4v) is 10.8. The summed E-state index contributed by atoms with van der Waals surface area (Å²) in [6.07, 6.45) is 0. The van der Waals surface area contributed by atoms with Crippen LogP contribution in [0.25, 0.3) is 88.3 Å². The van der Waals surface area contributed by atoms with E-state index in [0.29, 0.717) is 0 Å². The summed E-state index contributed by atoms with van der Waals surface area (Å²) >= 11 is 0. The summed E-state index contributed by atoms with van der Waals surface area (Å²) in [6.45, 7) is 0. The zero-order valence-electron chi connectivity index (χ0n) is 41.9. The summed E-state index contributed by atoms with van der Waals surface area (Å²) in [6, 6.07) is 114. The van der Waals surface area contributed by atoms with Gasteiger partial charge in [0, 0.05) is 33.9 Å². The van der Waals surface area contributed by atoms with Crippen LogP contribution >= 0.6 is 0 Å². The zero-order chi connectivity index (χ0) is 50.6. The molecule has 76 heavy (non-hydrogen) atoms. The van der Waals surface area contributed by atoms with Gasteiger partial charge in [0.15, 0.2) is 0 Å². The molecule has 0 fully saturated rings. The Morgan fingerprint density at radius 1 is 0.158 bits per heavy atom. The number of hydrogen-bond acceptors (Lipinski definition) is 2. The van der Waals surface area contributed by atoms with Crippen LogP contribution in [0, 0.1) is 0 Å². The molecule has 0 aromatic heterocycles. The molecule has 13 rings (SSSR count). The van der Waals surface area contributed by atoms with Gasteiger partial charge in [-0.25, -0.2) is 0 Å². The molecule has 0 atom stereocenters. The van der Waals surface area contributed by atoms with E-state index in [1.54, 1.807) is 0 Å². The number of anilines is 6. The molecule has 0 aliphatic carbocycles. The van der Waals surface area contributed by atoms with E-state index >= 15 is 0 Å². The van der Waals surface area contributed by atoms with E-state index in [0.717, 1.165) is 34.1 Å². The van der Waals surface area contributed by atoms with E-state index in [2.05, 4.69) is 325 Å². The summed E-state index contributed by atoms with van der Waals surface area (Å²) in [5.41, 5.74) is 21.0. The molecule has 0 unspecified atom stereocenters. The first kappa shape index (κ1) is 45.8. The molecule has 0 aliphatic heterocycles. The van der Waals surface area contributed by atoms with Crippen LogP contribution in [0.5, 0.6) is 0 Å². The van der Waals surface area contributed by atoms with Crippen molar-refractivity contribution in [1.29, 1.82) is 0 Å². The maximum absolute atomic E-state index is 2.36. The number of benzene rings is 13. The summed E-state index contributed by atoms with van der Waals surface area (Å²) < 4.78 is 0. The van der Waals surface area contributed by atoms with E-state index in [1.165, 1.54) is 88.3 Å². The van der Waals surface area contributed by atoms with E-state index in [1.807, 2.05) is 0 Å². The molecular formula is C74H52N2. The van der Waals surface area contributed by atoms with Crippen molar-refractivity contribution >= 4 is 55.7 Å². The first-order valence-electron chi connectivity index (χ1n) is 26.1. The monoisotopic (exact) mass is 968 g/mol. The Hall–Kier alpha value is -10.0. The smallest absolute Gasteiger partial charge is 0.0540 e. The van der Waals surface area contributed by atoms with Crippen LogP contribution in [0.4, 0.5) is 34.1 Å². The molecule has 0 bridgehead atoms. The number of rotatable bonds is 12. The van der Waals surface area contributed by atoms with Crippen LogP contribution in [-0.4, -0.2) is 0 Å². The molecule has 0 saturated heterocycles. The van der Waals surface area contributed by atoms with Gasteiger partial charge in [-0.2, -0.15) is 0 Å². The molecule has 2 nitrogen and oxygen atoms in total. The Kier molecular flexibility index (Phi) is 12.3. The van der Waals surface area contributed by atoms with E-state index in [9.17, 15) is 0 Å². The molecule has 2 heteroatoms. The fourth-order valence-electron chi connectivity index (χ4n) is 10.8. The highest BCUT2D eigenvalue weighted by Crippen LogP contribution is 2.44. The van der Waals surface area contributed by atoms with Gasteiger partial charge in [0.25, 0.3) is 0 Å². The summed E-state index contributed by atoms with van der Waals surface area (Å²) in [5, 5.41) is 4.90. The van der Waals surface area contributed by atoms with Crippen LogP contribution in [-0.2, 0) is 0 Å². The van der Waals surface area contributed by atoms with Crippen LogP contribution in [0.3, 0.4) is 0 Å². The van der Waals surface area contributed by atoms with Crippen molar-refractivity contribution in [3.63, 3.8) is 0 Å². The Balaban J connectivity index is 0.756. The Morgan fingerprint density at radius 2 is 0.447 bits per heavy atom. The first-order valence-corrected chi connectivity index (χ1v) is 26.1. The van der Waals surface area contributed by atoms with Gasteiger partial charge in [-0.15, -0.1) is 0 Å². The molecule has 13 aromatic carbocycles. The van der Waals surface area contributed by atoms with E-state index in [4.69, 9.17) is 0 Å². The molecule has 0 heterocycles. The van der Waals surface area contributed by atoms with Crippen molar-refractivity contribution in [2.75, 3.05) is 9.80 Å². The van der Waals surface area contributed by atoms with Crippen molar-refractivity contribution in [1.82, 2.24) is 0 Å². The van der Waals surface area contributed by atoms with Gasteiger partial charge in [0.1, 0.15) is 0 Å². The first-order chi connectivity index (χ1) is 37.7. The topological polar surface area (TPSA) is 6.48 Å². The van der Waals surface area contributed by atoms with Crippen molar-refractivity contribution < 1.29 is 0 Å². The zero-order valence-corrected chi connectivity index (χ0v) is 41.9.